The molecular weight excluding hydrogens is 200 g/mol. The SMILES string of the molecule is CC(NC1CC1)C(=O)NCc1ccccc1. The largest absolute Gasteiger partial charge is 0.351 e. The second-order valence-corrected chi connectivity index (χ2v) is 4.37. The molecule has 0 spiro atoms. The number of rotatable bonds is 5. The van der Waals surface area contributed by atoms with Crippen LogP contribution in [0.1, 0.15) is 25.3 Å². The van der Waals surface area contributed by atoms with Gasteiger partial charge in [-0.25, -0.2) is 0 Å². The van der Waals surface area contributed by atoms with E-state index in [1.807, 2.05) is 37.3 Å². The van der Waals surface area contributed by atoms with Crippen LogP contribution in [0.25, 0.3) is 0 Å². The lowest BCUT2D eigenvalue weighted by molar-refractivity contribution is -0.122. The van der Waals surface area contributed by atoms with Crippen molar-refractivity contribution in [2.45, 2.75) is 38.4 Å². The second-order valence-electron chi connectivity index (χ2n) is 4.37. The van der Waals surface area contributed by atoms with E-state index in [1.54, 1.807) is 0 Å². The maximum Gasteiger partial charge on any atom is 0.237 e. The number of carbonyl (C=O) groups is 1. The molecule has 0 aromatic heterocycles. The van der Waals surface area contributed by atoms with E-state index in [0.29, 0.717) is 12.6 Å². The van der Waals surface area contributed by atoms with Crippen molar-refractivity contribution in [3.05, 3.63) is 35.9 Å². The molecule has 2 N–H and O–H groups in total. The third-order valence-electron chi connectivity index (χ3n) is 2.77. The predicted octanol–water partition coefficient (Wildman–Crippen LogP) is 1.44. The summed E-state index contributed by atoms with van der Waals surface area (Å²) in [5.74, 6) is 0.0794. The fraction of sp³-hybridized carbons (Fsp3) is 0.462. The summed E-state index contributed by atoms with van der Waals surface area (Å²) in [5, 5.41) is 6.21. The van der Waals surface area contributed by atoms with Crippen molar-refractivity contribution in [1.29, 1.82) is 0 Å². The average molecular weight is 218 g/mol. The maximum atomic E-state index is 11.7. The molecule has 0 saturated heterocycles. The van der Waals surface area contributed by atoms with Gasteiger partial charge in [0, 0.05) is 12.6 Å². The Morgan fingerprint density at radius 3 is 2.69 bits per heavy atom. The van der Waals surface area contributed by atoms with Gasteiger partial charge in [-0.1, -0.05) is 30.3 Å². The van der Waals surface area contributed by atoms with Crippen LogP contribution in [0.3, 0.4) is 0 Å². The smallest absolute Gasteiger partial charge is 0.237 e. The van der Waals surface area contributed by atoms with Crippen LogP contribution in [-0.4, -0.2) is 18.0 Å². The Morgan fingerprint density at radius 1 is 1.38 bits per heavy atom. The third kappa shape index (κ3) is 3.35. The summed E-state index contributed by atoms with van der Waals surface area (Å²) < 4.78 is 0. The molecule has 2 rings (SSSR count). The molecule has 1 aliphatic carbocycles. The van der Waals surface area contributed by atoms with E-state index in [0.717, 1.165) is 5.56 Å². The Morgan fingerprint density at radius 2 is 2.06 bits per heavy atom. The minimum Gasteiger partial charge on any atom is -0.351 e. The van der Waals surface area contributed by atoms with Crippen molar-refractivity contribution in [2.24, 2.45) is 0 Å². The van der Waals surface area contributed by atoms with Crippen LogP contribution < -0.4 is 10.6 Å². The first kappa shape index (κ1) is 11.1. The van der Waals surface area contributed by atoms with E-state index < -0.39 is 0 Å². The van der Waals surface area contributed by atoms with Gasteiger partial charge in [-0.05, 0) is 25.3 Å². The Hall–Kier alpha value is -1.35. The van der Waals surface area contributed by atoms with Crippen LogP contribution in [0.4, 0.5) is 0 Å². The molecule has 3 nitrogen and oxygen atoms in total. The molecule has 1 aromatic carbocycles. The van der Waals surface area contributed by atoms with Crippen LogP contribution in [-0.2, 0) is 11.3 Å². The molecule has 16 heavy (non-hydrogen) atoms. The molecule has 1 amide bonds. The highest BCUT2D eigenvalue weighted by Gasteiger charge is 2.25. The third-order valence-corrected chi connectivity index (χ3v) is 2.77. The van der Waals surface area contributed by atoms with Gasteiger partial charge >= 0.3 is 0 Å². The number of carbonyl (C=O) groups excluding carboxylic acids is 1. The Balaban J connectivity index is 1.74. The Labute approximate surface area is 96.2 Å². The minimum absolute atomic E-state index is 0.0794. The van der Waals surface area contributed by atoms with E-state index >= 15 is 0 Å². The zero-order valence-corrected chi connectivity index (χ0v) is 9.57. The zero-order chi connectivity index (χ0) is 11.4. The molecule has 1 atom stereocenters. The summed E-state index contributed by atoms with van der Waals surface area (Å²) in [5.41, 5.74) is 1.13. The van der Waals surface area contributed by atoms with Crippen molar-refractivity contribution in [3.8, 4) is 0 Å². The topological polar surface area (TPSA) is 41.1 Å². The minimum atomic E-state index is -0.0868. The van der Waals surface area contributed by atoms with E-state index in [4.69, 9.17) is 0 Å². The lowest BCUT2D eigenvalue weighted by Gasteiger charge is -2.13. The van der Waals surface area contributed by atoms with Gasteiger partial charge in [0.25, 0.3) is 0 Å². The number of nitrogens with one attached hydrogen (secondary N) is 2. The summed E-state index contributed by atoms with van der Waals surface area (Å²) in [6.45, 7) is 2.52. The summed E-state index contributed by atoms with van der Waals surface area (Å²) in [6.07, 6.45) is 2.41. The first-order valence-electron chi connectivity index (χ1n) is 5.83. The molecule has 1 aliphatic rings. The molecule has 86 valence electrons. The standard InChI is InChI=1S/C13H18N2O/c1-10(15-12-7-8-12)13(16)14-9-11-5-3-2-4-6-11/h2-6,10,12,15H,7-9H2,1H3,(H,14,16). The summed E-state index contributed by atoms with van der Waals surface area (Å²) in [4.78, 5) is 11.7. The van der Waals surface area contributed by atoms with Gasteiger partial charge in [-0.15, -0.1) is 0 Å². The van der Waals surface area contributed by atoms with Crippen molar-refractivity contribution < 1.29 is 4.79 Å². The van der Waals surface area contributed by atoms with Gasteiger partial charge in [0.05, 0.1) is 6.04 Å². The fourth-order valence-corrected chi connectivity index (χ4v) is 1.62. The van der Waals surface area contributed by atoms with Gasteiger partial charge in [0.2, 0.25) is 5.91 Å². The van der Waals surface area contributed by atoms with Crippen LogP contribution in [0, 0.1) is 0 Å². The van der Waals surface area contributed by atoms with Crippen molar-refractivity contribution in [3.63, 3.8) is 0 Å². The number of benzene rings is 1. The van der Waals surface area contributed by atoms with Gasteiger partial charge in [-0.3, -0.25) is 4.79 Å². The average Bonchev–Trinajstić information content (AvgIpc) is 3.11. The first-order chi connectivity index (χ1) is 7.75. The highest BCUT2D eigenvalue weighted by atomic mass is 16.2. The molecule has 0 heterocycles. The van der Waals surface area contributed by atoms with Crippen LogP contribution in [0.2, 0.25) is 0 Å². The molecule has 3 heteroatoms. The molecule has 1 aromatic rings. The number of hydrogen-bond acceptors (Lipinski definition) is 2. The van der Waals surface area contributed by atoms with Crippen LogP contribution >= 0.6 is 0 Å². The van der Waals surface area contributed by atoms with E-state index in [-0.39, 0.29) is 11.9 Å². The molecular formula is C13H18N2O. The molecule has 0 bridgehead atoms. The lowest BCUT2D eigenvalue weighted by atomic mass is 10.2. The Kier molecular flexibility index (Phi) is 3.57. The second kappa shape index (κ2) is 5.12. The van der Waals surface area contributed by atoms with E-state index in [1.165, 1.54) is 12.8 Å². The predicted molar refractivity (Wildman–Crippen MR) is 63.9 cm³/mol. The molecule has 1 unspecified atom stereocenters. The van der Waals surface area contributed by atoms with Gasteiger partial charge in [0.1, 0.15) is 0 Å². The van der Waals surface area contributed by atoms with Crippen molar-refractivity contribution in [2.75, 3.05) is 0 Å². The van der Waals surface area contributed by atoms with E-state index in [9.17, 15) is 4.79 Å². The Bertz CT molecular complexity index is 346. The molecule has 0 aliphatic heterocycles. The van der Waals surface area contributed by atoms with Gasteiger partial charge in [0.15, 0.2) is 0 Å². The highest BCUT2D eigenvalue weighted by molar-refractivity contribution is 5.81. The normalized spacial score (nSPS) is 16.8. The molecule has 1 fully saturated rings. The van der Waals surface area contributed by atoms with E-state index in [2.05, 4.69) is 10.6 Å². The fourth-order valence-electron chi connectivity index (χ4n) is 1.62. The van der Waals surface area contributed by atoms with Gasteiger partial charge in [-0.2, -0.15) is 0 Å². The quantitative estimate of drug-likeness (QED) is 0.785. The van der Waals surface area contributed by atoms with Crippen molar-refractivity contribution in [1.82, 2.24) is 10.6 Å². The summed E-state index contributed by atoms with van der Waals surface area (Å²) in [7, 11) is 0. The first-order valence-corrected chi connectivity index (χ1v) is 5.83. The summed E-state index contributed by atoms with van der Waals surface area (Å²) >= 11 is 0. The molecule has 1 saturated carbocycles. The molecule has 0 radical (unpaired) electrons. The lowest BCUT2D eigenvalue weighted by Crippen LogP contribution is -2.42. The number of amides is 1. The van der Waals surface area contributed by atoms with Crippen LogP contribution in [0.5, 0.6) is 0 Å². The monoisotopic (exact) mass is 218 g/mol. The zero-order valence-electron chi connectivity index (χ0n) is 9.57. The van der Waals surface area contributed by atoms with Crippen LogP contribution in [0.15, 0.2) is 30.3 Å². The highest BCUT2D eigenvalue weighted by Crippen LogP contribution is 2.19. The van der Waals surface area contributed by atoms with Crippen molar-refractivity contribution >= 4 is 5.91 Å². The number of hydrogen-bond donors (Lipinski definition) is 2. The summed E-state index contributed by atoms with van der Waals surface area (Å²) in [6, 6.07) is 10.4. The van der Waals surface area contributed by atoms with Gasteiger partial charge < -0.3 is 10.6 Å². The maximum absolute atomic E-state index is 11.7.